The Labute approximate surface area is 128 Å². The van der Waals surface area contributed by atoms with E-state index in [4.69, 9.17) is 0 Å². The summed E-state index contributed by atoms with van der Waals surface area (Å²) in [6.45, 7) is 0.727. The first-order valence-electron chi connectivity index (χ1n) is 7.15. The molecule has 3 rings (SSSR count). The third-order valence-electron chi connectivity index (χ3n) is 3.88. The number of benzene rings is 1. The number of carbonyl (C=O) groups is 2. The molecule has 1 aliphatic rings. The molecular weight excluding hydrogens is 282 g/mol. The van der Waals surface area contributed by atoms with Crippen LogP contribution >= 0.6 is 11.3 Å². The van der Waals surface area contributed by atoms with Crippen molar-refractivity contribution in [3.8, 4) is 0 Å². The monoisotopic (exact) mass is 299 g/mol. The molecule has 0 bridgehead atoms. The van der Waals surface area contributed by atoms with Crippen molar-refractivity contribution in [1.29, 1.82) is 0 Å². The van der Waals surface area contributed by atoms with E-state index in [1.54, 1.807) is 11.3 Å². The van der Waals surface area contributed by atoms with E-state index in [1.165, 1.54) is 10.4 Å². The number of rotatable bonds is 4. The van der Waals surface area contributed by atoms with Crippen LogP contribution in [-0.2, 0) is 16.0 Å². The molecule has 1 aliphatic heterocycles. The van der Waals surface area contributed by atoms with Gasteiger partial charge >= 0.3 is 0 Å². The van der Waals surface area contributed by atoms with Gasteiger partial charge in [-0.05, 0) is 29.0 Å². The summed E-state index contributed by atoms with van der Waals surface area (Å²) in [6.07, 6.45) is 2.32. The van der Waals surface area contributed by atoms with Gasteiger partial charge < -0.3 is 9.69 Å². The summed E-state index contributed by atoms with van der Waals surface area (Å²) in [7, 11) is 0. The van der Waals surface area contributed by atoms with Crippen molar-refractivity contribution in [2.24, 2.45) is 0 Å². The summed E-state index contributed by atoms with van der Waals surface area (Å²) >= 11 is 1.76. The van der Waals surface area contributed by atoms with Crippen molar-refractivity contribution in [1.82, 2.24) is 4.90 Å². The van der Waals surface area contributed by atoms with Gasteiger partial charge in [0.15, 0.2) is 0 Å². The van der Waals surface area contributed by atoms with Crippen LogP contribution in [0.5, 0.6) is 0 Å². The van der Waals surface area contributed by atoms with Gasteiger partial charge in [0.05, 0.1) is 6.04 Å². The van der Waals surface area contributed by atoms with E-state index in [9.17, 15) is 9.59 Å². The maximum Gasteiger partial charge on any atom is 0.223 e. The lowest BCUT2D eigenvalue weighted by molar-refractivity contribution is -0.134. The van der Waals surface area contributed by atoms with Gasteiger partial charge in [0.1, 0.15) is 6.29 Å². The fourth-order valence-corrected chi connectivity index (χ4v) is 3.81. The lowest BCUT2D eigenvalue weighted by Crippen LogP contribution is -2.40. The first kappa shape index (κ1) is 14.0. The third kappa shape index (κ3) is 2.76. The van der Waals surface area contributed by atoms with Crippen molar-refractivity contribution in [3.05, 3.63) is 57.8 Å². The summed E-state index contributed by atoms with van der Waals surface area (Å²) in [5, 5.41) is 2.10. The summed E-state index contributed by atoms with van der Waals surface area (Å²) < 4.78 is 0. The molecule has 1 aromatic carbocycles. The zero-order chi connectivity index (χ0) is 14.7. The summed E-state index contributed by atoms with van der Waals surface area (Å²) in [5.74, 6) is 0.0628. The second-order valence-corrected chi connectivity index (χ2v) is 6.16. The Balaban J connectivity index is 1.96. The van der Waals surface area contributed by atoms with Crippen LogP contribution in [0.4, 0.5) is 0 Å². The Morgan fingerprint density at radius 1 is 1.29 bits per heavy atom. The van der Waals surface area contributed by atoms with Gasteiger partial charge in [0.2, 0.25) is 5.91 Å². The molecule has 0 N–H and O–H groups in total. The number of thiophene rings is 1. The molecule has 3 nitrogen and oxygen atoms in total. The van der Waals surface area contributed by atoms with Crippen LogP contribution in [-0.4, -0.2) is 23.6 Å². The molecule has 21 heavy (non-hydrogen) atoms. The van der Waals surface area contributed by atoms with Crippen molar-refractivity contribution in [2.45, 2.75) is 25.3 Å². The molecule has 4 heteroatoms. The molecule has 2 aromatic rings. The Morgan fingerprint density at radius 2 is 2.10 bits per heavy atom. The highest BCUT2D eigenvalue weighted by Gasteiger charge is 2.32. The number of aldehydes is 1. The maximum absolute atomic E-state index is 12.4. The summed E-state index contributed by atoms with van der Waals surface area (Å²) in [5.41, 5.74) is 2.37. The van der Waals surface area contributed by atoms with Crippen LogP contribution in [0.25, 0.3) is 0 Å². The Kier molecular flexibility index (Phi) is 4.15. The molecule has 1 atom stereocenters. The van der Waals surface area contributed by atoms with Crippen molar-refractivity contribution in [3.63, 3.8) is 0 Å². The largest absolute Gasteiger partial charge is 0.331 e. The standard InChI is InChI=1S/C17H17NO2S/c19-11-4-7-16(20)18-10-8-15-14(9-12-21-15)17(18)13-5-2-1-3-6-13/h1-3,5-6,9,11-12,17H,4,7-8,10H2. The fourth-order valence-electron chi connectivity index (χ4n) is 2.91. The minimum absolute atomic E-state index is 0.0136. The van der Waals surface area contributed by atoms with Gasteiger partial charge in [0, 0.05) is 24.3 Å². The molecule has 0 fully saturated rings. The van der Waals surface area contributed by atoms with E-state index >= 15 is 0 Å². The van der Waals surface area contributed by atoms with Crippen molar-refractivity contribution in [2.75, 3.05) is 6.54 Å². The van der Waals surface area contributed by atoms with E-state index in [0.29, 0.717) is 12.8 Å². The molecule has 1 unspecified atom stereocenters. The predicted octanol–water partition coefficient (Wildman–Crippen LogP) is 3.20. The van der Waals surface area contributed by atoms with Crippen molar-refractivity contribution >= 4 is 23.5 Å². The molecule has 1 amide bonds. The molecule has 1 aromatic heterocycles. The second-order valence-electron chi connectivity index (χ2n) is 5.15. The van der Waals surface area contributed by atoms with Crippen LogP contribution in [0.15, 0.2) is 41.8 Å². The fraction of sp³-hybridized carbons (Fsp3) is 0.294. The number of hydrogen-bond acceptors (Lipinski definition) is 3. The highest BCUT2D eigenvalue weighted by molar-refractivity contribution is 7.10. The van der Waals surface area contributed by atoms with Crippen LogP contribution < -0.4 is 0 Å². The summed E-state index contributed by atoms with van der Waals surface area (Å²) in [6, 6.07) is 12.2. The zero-order valence-corrected chi connectivity index (χ0v) is 12.5. The molecule has 2 heterocycles. The Bertz CT molecular complexity index is 635. The quantitative estimate of drug-likeness (QED) is 0.813. The molecular formula is C17H17NO2S. The Hall–Kier alpha value is -1.94. The molecule has 0 saturated heterocycles. The lowest BCUT2D eigenvalue weighted by Gasteiger charge is -2.36. The third-order valence-corrected chi connectivity index (χ3v) is 4.87. The first-order chi connectivity index (χ1) is 10.3. The van der Waals surface area contributed by atoms with E-state index < -0.39 is 0 Å². The minimum atomic E-state index is -0.0136. The van der Waals surface area contributed by atoms with Crippen LogP contribution in [0, 0.1) is 0 Å². The van der Waals surface area contributed by atoms with Gasteiger partial charge in [-0.3, -0.25) is 4.79 Å². The topological polar surface area (TPSA) is 37.4 Å². The van der Waals surface area contributed by atoms with Crippen LogP contribution in [0.2, 0.25) is 0 Å². The zero-order valence-electron chi connectivity index (χ0n) is 11.7. The first-order valence-corrected chi connectivity index (χ1v) is 8.03. The second kappa shape index (κ2) is 6.22. The van der Waals surface area contributed by atoms with E-state index in [0.717, 1.165) is 24.8 Å². The normalized spacial score (nSPS) is 17.3. The number of fused-ring (bicyclic) bond motifs is 1. The van der Waals surface area contributed by atoms with Gasteiger partial charge in [-0.25, -0.2) is 0 Å². The molecule has 108 valence electrons. The highest BCUT2D eigenvalue weighted by Crippen LogP contribution is 2.37. The van der Waals surface area contributed by atoms with Crippen molar-refractivity contribution < 1.29 is 9.59 Å². The van der Waals surface area contributed by atoms with Gasteiger partial charge in [0.25, 0.3) is 0 Å². The van der Waals surface area contributed by atoms with Crippen LogP contribution in [0.1, 0.15) is 34.9 Å². The number of hydrogen-bond donors (Lipinski definition) is 0. The average molecular weight is 299 g/mol. The average Bonchev–Trinajstić information content (AvgIpc) is 3.01. The van der Waals surface area contributed by atoms with Gasteiger partial charge in [-0.15, -0.1) is 11.3 Å². The van der Waals surface area contributed by atoms with E-state index in [2.05, 4.69) is 23.6 Å². The number of amides is 1. The summed E-state index contributed by atoms with van der Waals surface area (Å²) in [4.78, 5) is 26.3. The van der Waals surface area contributed by atoms with Gasteiger partial charge in [-0.2, -0.15) is 0 Å². The minimum Gasteiger partial charge on any atom is -0.331 e. The van der Waals surface area contributed by atoms with Crippen LogP contribution in [0.3, 0.4) is 0 Å². The Morgan fingerprint density at radius 3 is 2.86 bits per heavy atom. The predicted molar refractivity (Wildman–Crippen MR) is 83.3 cm³/mol. The number of carbonyl (C=O) groups excluding carboxylic acids is 2. The number of nitrogens with zero attached hydrogens (tertiary/aromatic N) is 1. The maximum atomic E-state index is 12.4. The molecule has 0 aliphatic carbocycles. The highest BCUT2D eigenvalue weighted by atomic mass is 32.1. The van der Waals surface area contributed by atoms with E-state index in [1.807, 2.05) is 23.1 Å². The van der Waals surface area contributed by atoms with E-state index in [-0.39, 0.29) is 11.9 Å². The lowest BCUT2D eigenvalue weighted by atomic mass is 9.93. The molecule has 0 saturated carbocycles. The molecule has 0 spiro atoms. The SMILES string of the molecule is O=CCCC(=O)N1CCc2sccc2C1c1ccccc1. The smallest absolute Gasteiger partial charge is 0.223 e. The molecule has 0 radical (unpaired) electrons. The van der Waals surface area contributed by atoms with Gasteiger partial charge in [-0.1, -0.05) is 30.3 Å².